The Kier molecular flexibility index (Phi) is 5.69. The number of halogens is 2. The molecule has 0 saturated carbocycles. The zero-order chi connectivity index (χ0) is 12.2. The minimum atomic E-state index is -3.30. The van der Waals surface area contributed by atoms with Gasteiger partial charge in [0.05, 0.1) is 12.9 Å². The molecule has 0 radical (unpaired) electrons. The third kappa shape index (κ3) is 5.60. The van der Waals surface area contributed by atoms with Crippen LogP contribution in [0.5, 0.6) is 0 Å². The van der Waals surface area contributed by atoms with Crippen LogP contribution in [0.2, 0.25) is 0 Å². The lowest BCUT2D eigenvalue weighted by Gasteiger charge is -2.04. The largest absolute Gasteiger partial charge is 0.270 e. The van der Waals surface area contributed by atoms with Gasteiger partial charge in [0.25, 0.3) is 10.1 Å². The second-order valence-corrected chi connectivity index (χ2v) is 7.04. The van der Waals surface area contributed by atoms with Gasteiger partial charge in [-0.15, -0.1) is 0 Å². The van der Waals surface area contributed by atoms with E-state index in [2.05, 4.69) is 48.8 Å². The summed E-state index contributed by atoms with van der Waals surface area (Å²) in [4.78, 5) is 0. The van der Waals surface area contributed by atoms with Crippen molar-refractivity contribution in [1.82, 2.24) is 0 Å². The summed E-state index contributed by atoms with van der Waals surface area (Å²) in [5.74, 6) is 0. The van der Waals surface area contributed by atoms with Gasteiger partial charge in [0.1, 0.15) is 0 Å². The Morgan fingerprint density at radius 3 is 2.69 bits per heavy atom. The average molecular weight is 419 g/mol. The Balaban J connectivity index is 2.41. The van der Waals surface area contributed by atoms with E-state index in [1.54, 1.807) is 0 Å². The highest BCUT2D eigenvalue weighted by molar-refractivity contribution is 14.1. The van der Waals surface area contributed by atoms with Crippen LogP contribution < -0.4 is 0 Å². The van der Waals surface area contributed by atoms with Crippen LogP contribution in [0.25, 0.3) is 0 Å². The van der Waals surface area contributed by atoms with Crippen molar-refractivity contribution < 1.29 is 12.6 Å². The maximum absolute atomic E-state index is 10.7. The predicted octanol–water partition coefficient (Wildman–Crippen LogP) is 2.96. The number of benzene rings is 1. The molecule has 0 bridgehead atoms. The zero-order valence-electron chi connectivity index (χ0n) is 8.74. The molecule has 1 aromatic carbocycles. The Bertz CT molecular complexity index is 459. The van der Waals surface area contributed by atoms with Gasteiger partial charge >= 0.3 is 0 Å². The molecule has 0 N–H and O–H groups in total. The van der Waals surface area contributed by atoms with E-state index in [4.69, 9.17) is 0 Å². The fourth-order valence-electron chi connectivity index (χ4n) is 1.18. The molecule has 6 heteroatoms. The fraction of sp³-hybridized carbons (Fsp3) is 0.400. The van der Waals surface area contributed by atoms with Crippen LogP contribution in [0.3, 0.4) is 0 Å². The Hall–Kier alpha value is 0.340. The van der Waals surface area contributed by atoms with E-state index in [0.29, 0.717) is 6.42 Å². The highest BCUT2D eigenvalue weighted by Gasteiger charge is 2.02. The topological polar surface area (TPSA) is 43.4 Å². The van der Waals surface area contributed by atoms with Crippen molar-refractivity contribution in [1.29, 1.82) is 0 Å². The molecule has 0 spiro atoms. The van der Waals surface area contributed by atoms with Gasteiger partial charge in [-0.3, -0.25) is 4.18 Å². The van der Waals surface area contributed by atoms with E-state index in [1.165, 1.54) is 5.56 Å². The van der Waals surface area contributed by atoms with Gasteiger partial charge in [-0.05, 0) is 69.1 Å². The molecule has 0 aromatic heterocycles. The highest BCUT2D eigenvalue weighted by atomic mass is 127. The zero-order valence-corrected chi connectivity index (χ0v) is 13.3. The van der Waals surface area contributed by atoms with Crippen LogP contribution in [-0.4, -0.2) is 21.3 Å². The Morgan fingerprint density at radius 1 is 1.44 bits per heavy atom. The van der Waals surface area contributed by atoms with Gasteiger partial charge in [0, 0.05) is 8.04 Å². The average Bonchev–Trinajstić information content (AvgIpc) is 2.17. The molecule has 16 heavy (non-hydrogen) atoms. The summed E-state index contributed by atoms with van der Waals surface area (Å²) in [6, 6.07) is 6.09. The maximum Gasteiger partial charge on any atom is 0.264 e. The summed E-state index contributed by atoms with van der Waals surface area (Å²) in [6.07, 6.45) is 2.58. The first-order chi connectivity index (χ1) is 7.38. The predicted molar refractivity (Wildman–Crippen MR) is 76.0 cm³/mol. The molecule has 0 fully saturated rings. The van der Waals surface area contributed by atoms with Crippen molar-refractivity contribution in [3.8, 4) is 0 Å². The van der Waals surface area contributed by atoms with E-state index >= 15 is 0 Å². The lowest BCUT2D eigenvalue weighted by atomic mass is 10.1. The molecule has 0 aliphatic heterocycles. The highest BCUT2D eigenvalue weighted by Crippen LogP contribution is 2.20. The molecule has 1 rings (SSSR count). The molecule has 0 amide bonds. The van der Waals surface area contributed by atoms with Crippen LogP contribution in [0.4, 0.5) is 0 Å². The molecule has 0 aliphatic carbocycles. The maximum atomic E-state index is 10.7. The van der Waals surface area contributed by atoms with Crippen molar-refractivity contribution in [3.63, 3.8) is 0 Å². The van der Waals surface area contributed by atoms with Crippen LogP contribution in [0.1, 0.15) is 12.0 Å². The van der Waals surface area contributed by atoms with Crippen LogP contribution >= 0.6 is 38.5 Å². The summed E-state index contributed by atoms with van der Waals surface area (Å²) >= 11 is 5.68. The van der Waals surface area contributed by atoms with Crippen molar-refractivity contribution in [2.45, 2.75) is 12.8 Å². The van der Waals surface area contributed by atoms with E-state index in [9.17, 15) is 8.42 Å². The lowest BCUT2D eigenvalue weighted by Crippen LogP contribution is -2.04. The Morgan fingerprint density at radius 2 is 2.12 bits per heavy atom. The SMILES string of the molecule is CS(=O)(=O)OCCCc1ccc(Br)c(I)c1. The van der Waals surface area contributed by atoms with Gasteiger partial charge < -0.3 is 0 Å². The van der Waals surface area contributed by atoms with E-state index in [-0.39, 0.29) is 6.61 Å². The molecule has 0 atom stereocenters. The molecular formula is C10H12BrIO3S. The van der Waals surface area contributed by atoms with Crippen molar-refractivity contribution in [2.75, 3.05) is 12.9 Å². The number of hydrogen-bond donors (Lipinski definition) is 0. The Labute approximate surface area is 118 Å². The normalized spacial score (nSPS) is 11.7. The second-order valence-electron chi connectivity index (χ2n) is 3.38. The van der Waals surface area contributed by atoms with Gasteiger partial charge in [-0.2, -0.15) is 8.42 Å². The summed E-state index contributed by atoms with van der Waals surface area (Å²) < 4.78 is 28.3. The molecule has 0 saturated heterocycles. The van der Waals surface area contributed by atoms with E-state index in [0.717, 1.165) is 20.7 Å². The van der Waals surface area contributed by atoms with Crippen molar-refractivity contribution >= 4 is 48.6 Å². The van der Waals surface area contributed by atoms with Crippen LogP contribution in [-0.2, 0) is 20.7 Å². The first-order valence-corrected chi connectivity index (χ1v) is 8.35. The third-order valence-electron chi connectivity index (χ3n) is 1.89. The van der Waals surface area contributed by atoms with Gasteiger partial charge in [0.2, 0.25) is 0 Å². The fourth-order valence-corrected chi connectivity index (χ4v) is 2.43. The molecule has 0 heterocycles. The van der Waals surface area contributed by atoms with Gasteiger partial charge in [-0.1, -0.05) is 6.07 Å². The number of rotatable bonds is 5. The first-order valence-electron chi connectivity index (χ1n) is 4.67. The van der Waals surface area contributed by atoms with E-state index in [1.807, 2.05) is 12.1 Å². The summed E-state index contributed by atoms with van der Waals surface area (Å²) in [7, 11) is -3.30. The van der Waals surface area contributed by atoms with Crippen molar-refractivity contribution in [2.24, 2.45) is 0 Å². The smallest absolute Gasteiger partial charge is 0.264 e. The molecule has 3 nitrogen and oxygen atoms in total. The molecule has 0 unspecified atom stereocenters. The molecule has 1 aromatic rings. The standard InChI is InChI=1S/C10H12BrIO3S/c1-16(13,14)15-6-2-3-8-4-5-9(11)10(12)7-8/h4-5,7H,2-3,6H2,1H3. The summed E-state index contributed by atoms with van der Waals surface area (Å²) in [5.41, 5.74) is 1.18. The first kappa shape index (κ1) is 14.4. The minimum Gasteiger partial charge on any atom is -0.270 e. The number of aryl methyl sites for hydroxylation is 1. The quantitative estimate of drug-likeness (QED) is 0.419. The van der Waals surface area contributed by atoms with E-state index < -0.39 is 10.1 Å². The summed E-state index contributed by atoms with van der Waals surface area (Å²) in [5, 5.41) is 0. The lowest BCUT2D eigenvalue weighted by molar-refractivity contribution is 0.316. The third-order valence-corrected chi connectivity index (χ3v) is 4.81. The second kappa shape index (κ2) is 6.32. The molecule has 90 valence electrons. The number of hydrogen-bond acceptors (Lipinski definition) is 3. The monoisotopic (exact) mass is 418 g/mol. The van der Waals surface area contributed by atoms with Crippen LogP contribution in [0.15, 0.2) is 22.7 Å². The minimum absolute atomic E-state index is 0.242. The van der Waals surface area contributed by atoms with Gasteiger partial charge in [-0.25, -0.2) is 0 Å². The van der Waals surface area contributed by atoms with Crippen LogP contribution in [0, 0.1) is 3.57 Å². The molecule has 0 aliphatic rings. The van der Waals surface area contributed by atoms with Gasteiger partial charge in [0.15, 0.2) is 0 Å². The molecular weight excluding hydrogens is 407 g/mol. The van der Waals surface area contributed by atoms with Crippen molar-refractivity contribution in [3.05, 3.63) is 31.8 Å². The summed E-state index contributed by atoms with van der Waals surface area (Å²) in [6.45, 7) is 0.242.